The third kappa shape index (κ3) is 2.61. The van der Waals surface area contributed by atoms with Crippen molar-refractivity contribution in [3.8, 4) is 0 Å². The summed E-state index contributed by atoms with van der Waals surface area (Å²) in [7, 11) is 0. The first-order valence-corrected chi connectivity index (χ1v) is 5.73. The zero-order valence-electron chi connectivity index (χ0n) is 8.89. The van der Waals surface area contributed by atoms with Crippen molar-refractivity contribution in [2.75, 3.05) is 18.4 Å². The van der Waals surface area contributed by atoms with Crippen LogP contribution in [0.15, 0.2) is 12.3 Å². The average Bonchev–Trinajstić information content (AvgIpc) is 2.73. The molecule has 2 heterocycles. The Morgan fingerprint density at radius 1 is 1.67 bits per heavy atom. The molecule has 2 N–H and O–H groups in total. The van der Waals surface area contributed by atoms with Gasteiger partial charge >= 0.3 is 0 Å². The Hall–Kier alpha value is -0.800. The first kappa shape index (κ1) is 10.7. The maximum Gasteiger partial charge on any atom is 0.0849 e. The van der Waals surface area contributed by atoms with Crippen LogP contribution in [0.5, 0.6) is 0 Å². The molecule has 0 amide bonds. The maximum atomic E-state index is 6.13. The minimum Gasteiger partial charge on any atom is -0.382 e. The third-order valence-corrected chi connectivity index (χ3v) is 3.24. The van der Waals surface area contributed by atoms with Gasteiger partial charge in [0, 0.05) is 18.8 Å². The van der Waals surface area contributed by atoms with Crippen molar-refractivity contribution in [2.24, 2.45) is 0 Å². The molecule has 82 valence electrons. The van der Waals surface area contributed by atoms with E-state index < -0.39 is 0 Å². The van der Waals surface area contributed by atoms with Crippen LogP contribution in [0.1, 0.15) is 18.5 Å². The number of rotatable bonds is 3. The first-order chi connectivity index (χ1) is 7.27. The Balaban J connectivity index is 1.95. The lowest BCUT2D eigenvalue weighted by Gasteiger charge is -2.14. The number of nitrogens with one attached hydrogen (secondary N) is 2. The summed E-state index contributed by atoms with van der Waals surface area (Å²) in [6.07, 6.45) is 4.30. The highest BCUT2D eigenvalue weighted by molar-refractivity contribution is 6.33. The van der Waals surface area contributed by atoms with Crippen molar-refractivity contribution in [2.45, 2.75) is 25.8 Å². The number of nitrogens with zero attached hydrogens (tertiary/aromatic N) is 1. The molecule has 1 atom stereocenters. The molecule has 3 nitrogen and oxygen atoms in total. The molecule has 1 saturated heterocycles. The Labute approximate surface area is 95.2 Å². The molecule has 1 aliphatic rings. The molecule has 2 rings (SSSR count). The maximum absolute atomic E-state index is 6.13. The van der Waals surface area contributed by atoms with E-state index in [0.717, 1.165) is 29.5 Å². The van der Waals surface area contributed by atoms with E-state index in [4.69, 9.17) is 11.6 Å². The van der Waals surface area contributed by atoms with E-state index in [-0.39, 0.29) is 0 Å². The number of aromatic nitrogens is 1. The molecule has 1 aliphatic heterocycles. The van der Waals surface area contributed by atoms with Gasteiger partial charge < -0.3 is 10.6 Å². The molecule has 1 fully saturated rings. The second-order valence-electron chi connectivity index (χ2n) is 3.93. The van der Waals surface area contributed by atoms with Gasteiger partial charge in [0.15, 0.2) is 0 Å². The van der Waals surface area contributed by atoms with Crippen molar-refractivity contribution >= 4 is 17.3 Å². The lowest BCUT2D eigenvalue weighted by Crippen LogP contribution is -2.29. The Morgan fingerprint density at radius 2 is 2.53 bits per heavy atom. The summed E-state index contributed by atoms with van der Waals surface area (Å²) in [6, 6.07) is 2.50. The second kappa shape index (κ2) is 4.81. The van der Waals surface area contributed by atoms with Gasteiger partial charge in [-0.1, -0.05) is 11.6 Å². The van der Waals surface area contributed by atoms with Crippen LogP contribution >= 0.6 is 11.6 Å². The summed E-state index contributed by atoms with van der Waals surface area (Å²) in [6.45, 7) is 3.99. The Morgan fingerprint density at radius 3 is 3.27 bits per heavy atom. The molecule has 1 unspecified atom stereocenters. The van der Waals surface area contributed by atoms with Crippen LogP contribution in [-0.2, 0) is 0 Å². The van der Waals surface area contributed by atoms with Gasteiger partial charge in [0.1, 0.15) is 0 Å². The average molecular weight is 226 g/mol. The highest BCUT2D eigenvalue weighted by Crippen LogP contribution is 2.23. The molecular formula is C11H16ClN3. The molecule has 0 spiro atoms. The lowest BCUT2D eigenvalue weighted by atomic mass is 10.2. The molecule has 0 aromatic carbocycles. The van der Waals surface area contributed by atoms with Crippen LogP contribution in [0, 0.1) is 6.92 Å². The van der Waals surface area contributed by atoms with Crippen LogP contribution in [0.4, 0.5) is 5.69 Å². The van der Waals surface area contributed by atoms with Gasteiger partial charge in [0.05, 0.1) is 16.4 Å². The second-order valence-corrected chi connectivity index (χ2v) is 4.31. The van der Waals surface area contributed by atoms with Gasteiger partial charge in [-0.05, 0) is 32.4 Å². The number of hydrogen-bond donors (Lipinski definition) is 2. The molecule has 15 heavy (non-hydrogen) atoms. The highest BCUT2D eigenvalue weighted by atomic mass is 35.5. The standard InChI is InChI=1S/C11H16ClN3/c1-8-11(12)10(4-6-13-8)15-7-9-3-2-5-14-9/h4,6,9,14H,2-3,5,7H2,1H3,(H,13,15). The fourth-order valence-electron chi connectivity index (χ4n) is 1.85. The largest absolute Gasteiger partial charge is 0.382 e. The lowest BCUT2D eigenvalue weighted by molar-refractivity contribution is 0.633. The molecule has 0 bridgehead atoms. The van der Waals surface area contributed by atoms with E-state index in [9.17, 15) is 0 Å². The van der Waals surface area contributed by atoms with Crippen LogP contribution in [0.3, 0.4) is 0 Å². The van der Waals surface area contributed by atoms with Gasteiger partial charge in [-0.3, -0.25) is 4.98 Å². The summed E-state index contributed by atoms with van der Waals surface area (Å²) in [4.78, 5) is 4.13. The summed E-state index contributed by atoms with van der Waals surface area (Å²) < 4.78 is 0. The summed E-state index contributed by atoms with van der Waals surface area (Å²) >= 11 is 6.13. The van der Waals surface area contributed by atoms with Gasteiger partial charge in [-0.25, -0.2) is 0 Å². The molecule has 0 aliphatic carbocycles. The number of aryl methyl sites for hydroxylation is 1. The summed E-state index contributed by atoms with van der Waals surface area (Å²) in [5.41, 5.74) is 1.86. The molecule has 1 aromatic rings. The van der Waals surface area contributed by atoms with E-state index in [2.05, 4.69) is 15.6 Å². The van der Waals surface area contributed by atoms with Crippen LogP contribution in [0.25, 0.3) is 0 Å². The van der Waals surface area contributed by atoms with Crippen molar-refractivity contribution < 1.29 is 0 Å². The third-order valence-electron chi connectivity index (χ3n) is 2.76. The van der Waals surface area contributed by atoms with Crippen molar-refractivity contribution in [3.05, 3.63) is 23.0 Å². The van der Waals surface area contributed by atoms with E-state index in [1.165, 1.54) is 12.8 Å². The fraction of sp³-hybridized carbons (Fsp3) is 0.545. The van der Waals surface area contributed by atoms with Gasteiger partial charge in [0.25, 0.3) is 0 Å². The highest BCUT2D eigenvalue weighted by Gasteiger charge is 2.13. The molecule has 0 radical (unpaired) electrons. The molecular weight excluding hydrogens is 210 g/mol. The number of halogens is 1. The van der Waals surface area contributed by atoms with Crippen molar-refractivity contribution in [1.82, 2.24) is 10.3 Å². The number of hydrogen-bond acceptors (Lipinski definition) is 3. The first-order valence-electron chi connectivity index (χ1n) is 5.36. The van der Waals surface area contributed by atoms with Crippen LogP contribution in [0.2, 0.25) is 5.02 Å². The van der Waals surface area contributed by atoms with E-state index in [0.29, 0.717) is 6.04 Å². The van der Waals surface area contributed by atoms with E-state index >= 15 is 0 Å². The normalized spacial score (nSPS) is 20.5. The van der Waals surface area contributed by atoms with Crippen LogP contribution in [-0.4, -0.2) is 24.1 Å². The van der Waals surface area contributed by atoms with Gasteiger partial charge in [0.2, 0.25) is 0 Å². The predicted octanol–water partition coefficient (Wildman–Crippen LogP) is 2.21. The SMILES string of the molecule is Cc1nccc(NCC2CCCN2)c1Cl. The minimum absolute atomic E-state index is 0.578. The van der Waals surface area contributed by atoms with E-state index in [1.54, 1.807) is 6.20 Å². The summed E-state index contributed by atoms with van der Waals surface area (Å²) in [5.74, 6) is 0. The van der Waals surface area contributed by atoms with Gasteiger partial charge in [-0.2, -0.15) is 0 Å². The van der Waals surface area contributed by atoms with E-state index in [1.807, 2.05) is 13.0 Å². The monoisotopic (exact) mass is 225 g/mol. The number of pyridine rings is 1. The Bertz CT molecular complexity index is 335. The van der Waals surface area contributed by atoms with Crippen molar-refractivity contribution in [3.63, 3.8) is 0 Å². The smallest absolute Gasteiger partial charge is 0.0849 e. The topological polar surface area (TPSA) is 37.0 Å². The number of anilines is 1. The molecule has 4 heteroatoms. The zero-order chi connectivity index (χ0) is 10.7. The van der Waals surface area contributed by atoms with Gasteiger partial charge in [-0.15, -0.1) is 0 Å². The Kier molecular flexibility index (Phi) is 3.44. The predicted molar refractivity (Wildman–Crippen MR) is 63.5 cm³/mol. The minimum atomic E-state index is 0.578. The molecule has 1 aromatic heterocycles. The van der Waals surface area contributed by atoms with Crippen LogP contribution < -0.4 is 10.6 Å². The summed E-state index contributed by atoms with van der Waals surface area (Å²) in [5, 5.41) is 7.53. The fourth-order valence-corrected chi connectivity index (χ4v) is 2.03. The quantitative estimate of drug-likeness (QED) is 0.828. The molecule has 0 saturated carbocycles. The zero-order valence-corrected chi connectivity index (χ0v) is 9.64. The van der Waals surface area contributed by atoms with Crippen molar-refractivity contribution in [1.29, 1.82) is 0 Å².